The van der Waals surface area contributed by atoms with Crippen LogP contribution in [0.4, 0.5) is 23.2 Å². The smallest absolute Gasteiger partial charge is 0.416 e. The van der Waals surface area contributed by atoms with Gasteiger partial charge in [0.25, 0.3) is 5.91 Å². The van der Waals surface area contributed by atoms with Crippen LogP contribution in [0.25, 0.3) is 0 Å². The van der Waals surface area contributed by atoms with Crippen molar-refractivity contribution in [1.82, 2.24) is 5.32 Å². The summed E-state index contributed by atoms with van der Waals surface area (Å²) in [7, 11) is 0. The lowest BCUT2D eigenvalue weighted by Gasteiger charge is -2.37. The van der Waals surface area contributed by atoms with E-state index in [1.54, 1.807) is 11.0 Å². The Labute approximate surface area is 183 Å². The topological polar surface area (TPSA) is 61.8 Å². The lowest BCUT2D eigenvalue weighted by molar-refractivity contribution is -0.137. The lowest BCUT2D eigenvalue weighted by Crippen LogP contribution is -2.54. The van der Waals surface area contributed by atoms with Crippen LogP contribution in [-0.4, -0.2) is 35.8 Å². The number of hydrogen-bond acceptors (Lipinski definition) is 4. The Hall–Kier alpha value is -2.81. The zero-order valence-corrected chi connectivity index (χ0v) is 17.2. The van der Waals surface area contributed by atoms with Gasteiger partial charge >= 0.3 is 6.18 Å². The standard InChI is InChI=1S/C23H24F4N2O3/c24-16-4-3-6-18-21(16)32-20(22(31)28-17-5-1-2-7-19(17)30)13-29(18)12-14-8-10-15(11-9-14)23(25,26)27/h3-4,6,8-11,17,19-20,30H,1-2,5,7,12-13H2,(H,28,31)/t17-,19-,20?/m0/s1. The first-order valence-electron chi connectivity index (χ1n) is 10.6. The number of carbonyl (C=O) groups excluding carboxylic acids is 1. The predicted octanol–water partition coefficient (Wildman–Crippen LogP) is 4.03. The molecule has 1 aliphatic carbocycles. The van der Waals surface area contributed by atoms with Gasteiger partial charge in [-0.15, -0.1) is 0 Å². The molecule has 1 saturated carbocycles. The second-order valence-electron chi connectivity index (χ2n) is 8.24. The summed E-state index contributed by atoms with van der Waals surface area (Å²) in [4.78, 5) is 14.6. The molecular weight excluding hydrogens is 428 g/mol. The van der Waals surface area contributed by atoms with Crippen molar-refractivity contribution in [2.45, 2.75) is 56.7 Å². The number of ether oxygens (including phenoxy) is 1. The maximum absolute atomic E-state index is 14.5. The zero-order chi connectivity index (χ0) is 22.9. The van der Waals surface area contributed by atoms with Gasteiger partial charge in [0.2, 0.25) is 0 Å². The van der Waals surface area contributed by atoms with E-state index >= 15 is 0 Å². The first-order chi connectivity index (χ1) is 15.2. The summed E-state index contributed by atoms with van der Waals surface area (Å²) < 4.78 is 58.7. The summed E-state index contributed by atoms with van der Waals surface area (Å²) >= 11 is 0. The summed E-state index contributed by atoms with van der Waals surface area (Å²) in [6, 6.07) is 8.71. The Bertz CT molecular complexity index is 965. The van der Waals surface area contributed by atoms with E-state index in [1.165, 1.54) is 24.3 Å². The molecule has 0 spiro atoms. The number of alkyl halides is 3. The Morgan fingerprint density at radius 1 is 1.12 bits per heavy atom. The van der Waals surface area contributed by atoms with Gasteiger partial charge in [-0.2, -0.15) is 13.2 Å². The molecular formula is C23H24F4N2O3. The minimum Gasteiger partial charge on any atom is -0.473 e. The number of aliphatic hydroxyl groups is 1. The zero-order valence-electron chi connectivity index (χ0n) is 17.2. The molecule has 3 atom stereocenters. The molecule has 1 amide bonds. The molecule has 1 fully saturated rings. The third-order valence-electron chi connectivity index (χ3n) is 5.94. The number of hydrogen-bond donors (Lipinski definition) is 2. The molecule has 0 saturated heterocycles. The third kappa shape index (κ3) is 4.82. The molecule has 1 aliphatic heterocycles. The van der Waals surface area contributed by atoms with Crippen molar-refractivity contribution in [3.05, 3.63) is 59.4 Å². The van der Waals surface area contributed by atoms with Crippen molar-refractivity contribution in [1.29, 1.82) is 0 Å². The summed E-state index contributed by atoms with van der Waals surface area (Å²) in [5.41, 5.74) is 0.251. The quantitative estimate of drug-likeness (QED) is 0.688. The van der Waals surface area contributed by atoms with Gasteiger partial charge in [0.15, 0.2) is 17.7 Å². The van der Waals surface area contributed by atoms with E-state index < -0.39 is 35.7 Å². The Kier molecular flexibility index (Phi) is 6.28. The van der Waals surface area contributed by atoms with Crippen molar-refractivity contribution in [3.8, 4) is 5.75 Å². The molecule has 0 aromatic heterocycles. The highest BCUT2D eigenvalue weighted by molar-refractivity contribution is 5.83. The fourth-order valence-corrected chi connectivity index (χ4v) is 4.20. The highest BCUT2D eigenvalue weighted by atomic mass is 19.4. The van der Waals surface area contributed by atoms with Gasteiger partial charge < -0.3 is 20.1 Å². The molecule has 5 nitrogen and oxygen atoms in total. The molecule has 4 rings (SSSR count). The lowest BCUT2D eigenvalue weighted by atomic mass is 9.92. The number of para-hydroxylation sites is 1. The third-order valence-corrected chi connectivity index (χ3v) is 5.94. The van der Waals surface area contributed by atoms with E-state index in [4.69, 9.17) is 4.74 Å². The Balaban J connectivity index is 1.54. The van der Waals surface area contributed by atoms with E-state index in [2.05, 4.69) is 5.32 Å². The number of fused-ring (bicyclic) bond motifs is 1. The van der Waals surface area contributed by atoms with Gasteiger partial charge in [-0.3, -0.25) is 4.79 Å². The van der Waals surface area contributed by atoms with Crippen molar-refractivity contribution in [2.24, 2.45) is 0 Å². The number of rotatable bonds is 4. The SMILES string of the molecule is O=C(N[C@H]1CCCC[C@@H]1O)C1CN(Cc2ccc(C(F)(F)F)cc2)c2cccc(F)c2O1. The van der Waals surface area contributed by atoms with Gasteiger partial charge in [0.1, 0.15) is 0 Å². The van der Waals surface area contributed by atoms with Crippen LogP contribution in [0.15, 0.2) is 42.5 Å². The molecule has 0 bridgehead atoms. The van der Waals surface area contributed by atoms with E-state index in [-0.39, 0.29) is 24.9 Å². The van der Waals surface area contributed by atoms with E-state index in [0.717, 1.165) is 25.0 Å². The second kappa shape index (κ2) is 8.97. The number of carbonyl (C=O) groups is 1. The Morgan fingerprint density at radius 2 is 1.84 bits per heavy atom. The van der Waals surface area contributed by atoms with Gasteiger partial charge in [-0.1, -0.05) is 31.0 Å². The molecule has 1 heterocycles. The first-order valence-corrected chi connectivity index (χ1v) is 10.6. The van der Waals surface area contributed by atoms with Gasteiger partial charge in [0.05, 0.1) is 29.9 Å². The number of halogens is 4. The van der Waals surface area contributed by atoms with Crippen LogP contribution < -0.4 is 15.0 Å². The number of anilines is 1. The molecule has 2 aromatic carbocycles. The second-order valence-corrected chi connectivity index (χ2v) is 8.24. The summed E-state index contributed by atoms with van der Waals surface area (Å²) in [5, 5.41) is 12.9. The van der Waals surface area contributed by atoms with Crippen molar-refractivity contribution in [3.63, 3.8) is 0 Å². The average molecular weight is 452 g/mol. The van der Waals surface area contributed by atoms with E-state index in [1.807, 2.05) is 0 Å². The molecule has 1 unspecified atom stereocenters. The van der Waals surface area contributed by atoms with Crippen molar-refractivity contribution in [2.75, 3.05) is 11.4 Å². The van der Waals surface area contributed by atoms with Crippen LogP contribution in [0.2, 0.25) is 0 Å². The fraction of sp³-hybridized carbons (Fsp3) is 0.435. The fourth-order valence-electron chi connectivity index (χ4n) is 4.20. The van der Waals surface area contributed by atoms with Crippen LogP contribution in [0.5, 0.6) is 5.75 Å². The molecule has 9 heteroatoms. The van der Waals surface area contributed by atoms with Gasteiger partial charge in [-0.05, 0) is 42.7 Å². The summed E-state index contributed by atoms with van der Waals surface area (Å²) in [6.07, 6.45) is -3.04. The predicted molar refractivity (Wildman–Crippen MR) is 110 cm³/mol. The first kappa shape index (κ1) is 22.4. The minimum atomic E-state index is -4.43. The number of aliphatic hydroxyl groups excluding tert-OH is 1. The molecule has 172 valence electrons. The van der Waals surface area contributed by atoms with E-state index in [9.17, 15) is 27.5 Å². The van der Waals surface area contributed by atoms with Gasteiger partial charge in [0, 0.05) is 6.54 Å². The van der Waals surface area contributed by atoms with Crippen LogP contribution in [0, 0.1) is 5.82 Å². The molecule has 2 aliphatic rings. The number of nitrogens with zero attached hydrogens (tertiary/aromatic N) is 1. The number of amides is 1. The highest BCUT2D eigenvalue weighted by Gasteiger charge is 2.35. The van der Waals surface area contributed by atoms with Crippen molar-refractivity contribution >= 4 is 11.6 Å². The summed E-state index contributed by atoms with van der Waals surface area (Å²) in [6.45, 7) is 0.264. The van der Waals surface area contributed by atoms with Crippen molar-refractivity contribution < 1.29 is 32.2 Å². The van der Waals surface area contributed by atoms with E-state index in [0.29, 0.717) is 24.1 Å². The average Bonchev–Trinajstić information content (AvgIpc) is 2.75. The number of benzene rings is 2. The maximum atomic E-state index is 14.5. The molecule has 32 heavy (non-hydrogen) atoms. The molecule has 2 aromatic rings. The number of nitrogens with one attached hydrogen (secondary N) is 1. The maximum Gasteiger partial charge on any atom is 0.416 e. The van der Waals surface area contributed by atoms with Crippen LogP contribution in [0.1, 0.15) is 36.8 Å². The molecule has 2 N–H and O–H groups in total. The van der Waals surface area contributed by atoms with Crippen LogP contribution in [0.3, 0.4) is 0 Å². The highest BCUT2D eigenvalue weighted by Crippen LogP contribution is 2.37. The minimum absolute atomic E-state index is 0.0741. The van der Waals surface area contributed by atoms with Gasteiger partial charge in [-0.25, -0.2) is 4.39 Å². The van der Waals surface area contributed by atoms with Crippen LogP contribution in [-0.2, 0) is 17.5 Å². The van der Waals surface area contributed by atoms with Crippen LogP contribution >= 0.6 is 0 Å². The Morgan fingerprint density at radius 3 is 2.53 bits per heavy atom. The molecule has 0 radical (unpaired) electrons. The summed E-state index contributed by atoms with van der Waals surface area (Å²) in [5.74, 6) is -1.16. The normalized spacial score (nSPS) is 23.3. The largest absolute Gasteiger partial charge is 0.473 e. The monoisotopic (exact) mass is 452 g/mol.